The van der Waals surface area contributed by atoms with E-state index < -0.39 is 5.82 Å². The highest BCUT2D eigenvalue weighted by atomic mass is 32.2. The van der Waals surface area contributed by atoms with Crippen LogP contribution in [0.3, 0.4) is 0 Å². The van der Waals surface area contributed by atoms with Gasteiger partial charge in [-0.25, -0.2) is 4.39 Å². The lowest BCUT2D eigenvalue weighted by Gasteiger charge is -2.35. The maximum Gasteiger partial charge on any atom is 0.260 e. The number of halogens is 1. The van der Waals surface area contributed by atoms with E-state index in [1.807, 2.05) is 0 Å². The molecule has 0 saturated carbocycles. The van der Waals surface area contributed by atoms with Gasteiger partial charge in [0.15, 0.2) is 18.2 Å². The Labute approximate surface area is 144 Å². The highest BCUT2D eigenvalue weighted by Crippen LogP contribution is 2.16. The third-order valence-corrected chi connectivity index (χ3v) is 5.09. The minimum Gasteiger partial charge on any atom is -0.481 e. The molecular weight excluding hydrogens is 333 g/mol. The van der Waals surface area contributed by atoms with E-state index in [0.29, 0.717) is 26.2 Å². The maximum atomic E-state index is 13.5. The highest BCUT2D eigenvalue weighted by molar-refractivity contribution is 7.99. The van der Waals surface area contributed by atoms with Crippen LogP contribution in [0, 0.1) is 5.82 Å². The van der Waals surface area contributed by atoms with Crippen molar-refractivity contribution in [3.63, 3.8) is 0 Å². The molecule has 1 aromatic rings. The first-order valence-electron chi connectivity index (χ1n) is 7.90. The van der Waals surface area contributed by atoms with E-state index in [-0.39, 0.29) is 30.2 Å². The quantitative estimate of drug-likeness (QED) is 0.856. The lowest BCUT2D eigenvalue weighted by atomic mass is 10.2. The number of ether oxygens (including phenoxy) is 1. The number of amides is 2. The zero-order chi connectivity index (χ0) is 16.9. The molecule has 0 spiro atoms. The number of carbonyl (C=O) groups excluding carboxylic acids is 2. The number of nitrogens with zero attached hydrogens (tertiary/aromatic N) is 2. The van der Waals surface area contributed by atoms with Gasteiger partial charge in [-0.2, -0.15) is 0 Å². The van der Waals surface area contributed by atoms with E-state index in [1.54, 1.807) is 33.7 Å². The van der Waals surface area contributed by atoms with E-state index in [2.05, 4.69) is 5.32 Å². The Hall–Kier alpha value is -1.80. The average molecular weight is 353 g/mol. The van der Waals surface area contributed by atoms with Gasteiger partial charge < -0.3 is 14.5 Å². The molecule has 2 aliphatic rings. The minimum absolute atomic E-state index is 0.0736. The number of thioether (sulfide) groups is 1. The topological polar surface area (TPSA) is 61.9 Å². The summed E-state index contributed by atoms with van der Waals surface area (Å²) in [6.45, 7) is 1.80. The minimum atomic E-state index is -0.484. The number of nitrogens with one attached hydrogen (secondary N) is 1. The van der Waals surface area contributed by atoms with E-state index in [4.69, 9.17) is 4.74 Å². The molecule has 2 fully saturated rings. The number of para-hydroxylation sites is 1. The summed E-state index contributed by atoms with van der Waals surface area (Å²) < 4.78 is 18.7. The van der Waals surface area contributed by atoms with Crippen LogP contribution in [0.2, 0.25) is 0 Å². The van der Waals surface area contributed by atoms with Gasteiger partial charge in [0, 0.05) is 37.8 Å². The van der Waals surface area contributed by atoms with Crippen molar-refractivity contribution in [2.24, 2.45) is 0 Å². The Bertz CT molecular complexity index is 602. The zero-order valence-electron chi connectivity index (χ0n) is 13.2. The molecule has 1 unspecified atom stereocenters. The normalized spacial score (nSPS) is 21.0. The van der Waals surface area contributed by atoms with Crippen molar-refractivity contribution in [2.75, 3.05) is 44.4 Å². The molecule has 130 valence electrons. The SMILES string of the molecule is O=C(COc1ccccc1F)N1CCN(C(=O)C2CSCN2)CC1. The molecule has 1 aromatic carbocycles. The predicted molar refractivity (Wildman–Crippen MR) is 89.3 cm³/mol. The molecule has 2 saturated heterocycles. The van der Waals surface area contributed by atoms with Crippen LogP contribution in [0.4, 0.5) is 4.39 Å². The van der Waals surface area contributed by atoms with Gasteiger partial charge in [-0.05, 0) is 12.1 Å². The van der Waals surface area contributed by atoms with Gasteiger partial charge in [0.2, 0.25) is 5.91 Å². The Balaban J connectivity index is 1.45. The smallest absolute Gasteiger partial charge is 0.260 e. The fourth-order valence-electron chi connectivity index (χ4n) is 2.74. The fraction of sp³-hybridized carbons (Fsp3) is 0.500. The van der Waals surface area contributed by atoms with Crippen LogP contribution < -0.4 is 10.1 Å². The summed E-state index contributed by atoms with van der Waals surface area (Å²) in [7, 11) is 0. The predicted octanol–water partition coefficient (Wildman–Crippen LogP) is 0.538. The second kappa shape index (κ2) is 7.85. The van der Waals surface area contributed by atoms with Crippen LogP contribution in [0.15, 0.2) is 24.3 Å². The van der Waals surface area contributed by atoms with Crippen LogP contribution in [-0.4, -0.2) is 72.1 Å². The molecule has 0 aromatic heterocycles. The average Bonchev–Trinajstić information content (AvgIpc) is 3.15. The first-order valence-corrected chi connectivity index (χ1v) is 9.05. The number of benzene rings is 1. The molecule has 0 radical (unpaired) electrons. The zero-order valence-corrected chi connectivity index (χ0v) is 14.1. The summed E-state index contributed by atoms with van der Waals surface area (Å²) in [5.74, 6) is 1.11. The van der Waals surface area contributed by atoms with Gasteiger partial charge in [0.25, 0.3) is 5.91 Å². The third-order valence-electron chi connectivity index (χ3n) is 4.15. The Morgan fingerprint density at radius 3 is 2.58 bits per heavy atom. The fourth-order valence-corrected chi connectivity index (χ4v) is 3.68. The third kappa shape index (κ3) is 3.99. The van der Waals surface area contributed by atoms with Crippen molar-refractivity contribution in [1.29, 1.82) is 0 Å². The van der Waals surface area contributed by atoms with Gasteiger partial charge in [-0.15, -0.1) is 11.8 Å². The molecule has 0 bridgehead atoms. The summed E-state index contributed by atoms with van der Waals surface area (Å²) in [5.41, 5.74) is 0. The number of piperazine rings is 1. The van der Waals surface area contributed by atoms with Crippen LogP contribution >= 0.6 is 11.8 Å². The van der Waals surface area contributed by atoms with Crippen molar-refractivity contribution in [3.8, 4) is 5.75 Å². The second-order valence-electron chi connectivity index (χ2n) is 5.70. The molecule has 2 heterocycles. The molecule has 6 nitrogen and oxygen atoms in total. The van der Waals surface area contributed by atoms with Crippen molar-refractivity contribution < 1.29 is 18.7 Å². The molecular formula is C16H20FN3O3S. The van der Waals surface area contributed by atoms with Gasteiger partial charge in [-0.3, -0.25) is 14.9 Å². The first-order chi connectivity index (χ1) is 11.6. The van der Waals surface area contributed by atoms with Crippen molar-refractivity contribution in [3.05, 3.63) is 30.1 Å². The lowest BCUT2D eigenvalue weighted by Crippen LogP contribution is -2.55. The molecule has 0 aliphatic carbocycles. The maximum absolute atomic E-state index is 13.5. The Kier molecular flexibility index (Phi) is 5.57. The molecule has 1 atom stereocenters. The molecule has 24 heavy (non-hydrogen) atoms. The van der Waals surface area contributed by atoms with Crippen molar-refractivity contribution in [2.45, 2.75) is 6.04 Å². The van der Waals surface area contributed by atoms with Gasteiger partial charge in [0.1, 0.15) is 0 Å². The number of hydrogen-bond donors (Lipinski definition) is 1. The molecule has 3 rings (SSSR count). The van der Waals surface area contributed by atoms with Crippen LogP contribution in [0.1, 0.15) is 0 Å². The highest BCUT2D eigenvalue weighted by Gasteiger charge is 2.30. The summed E-state index contributed by atoms with van der Waals surface area (Å²) in [4.78, 5) is 27.9. The van der Waals surface area contributed by atoms with Crippen LogP contribution in [-0.2, 0) is 9.59 Å². The van der Waals surface area contributed by atoms with Gasteiger partial charge in [-0.1, -0.05) is 12.1 Å². The number of carbonyl (C=O) groups is 2. The second-order valence-corrected chi connectivity index (χ2v) is 6.73. The standard InChI is InChI=1S/C16H20FN3O3S/c17-12-3-1-2-4-14(12)23-9-15(21)19-5-7-20(8-6-19)16(22)13-10-24-11-18-13/h1-4,13,18H,5-11H2. The summed E-state index contributed by atoms with van der Waals surface area (Å²) in [6.07, 6.45) is 0. The van der Waals surface area contributed by atoms with E-state index in [1.165, 1.54) is 12.1 Å². The number of rotatable bonds is 4. The summed E-state index contributed by atoms with van der Waals surface area (Å²) >= 11 is 1.72. The molecule has 2 aliphatic heterocycles. The van der Waals surface area contributed by atoms with Gasteiger partial charge >= 0.3 is 0 Å². The van der Waals surface area contributed by atoms with Crippen LogP contribution in [0.25, 0.3) is 0 Å². The van der Waals surface area contributed by atoms with Crippen molar-refractivity contribution in [1.82, 2.24) is 15.1 Å². The van der Waals surface area contributed by atoms with E-state index >= 15 is 0 Å². The molecule has 1 N–H and O–H groups in total. The monoisotopic (exact) mass is 353 g/mol. The van der Waals surface area contributed by atoms with E-state index in [9.17, 15) is 14.0 Å². The van der Waals surface area contributed by atoms with E-state index in [0.717, 1.165) is 11.6 Å². The molecule has 2 amide bonds. The Morgan fingerprint density at radius 2 is 1.92 bits per heavy atom. The lowest BCUT2D eigenvalue weighted by molar-refractivity contribution is -0.141. The van der Waals surface area contributed by atoms with Crippen LogP contribution in [0.5, 0.6) is 5.75 Å². The van der Waals surface area contributed by atoms with Crippen molar-refractivity contribution >= 4 is 23.6 Å². The largest absolute Gasteiger partial charge is 0.481 e. The number of hydrogen-bond acceptors (Lipinski definition) is 5. The Morgan fingerprint density at radius 1 is 1.21 bits per heavy atom. The summed E-state index contributed by atoms with van der Waals surface area (Å²) in [5, 5.41) is 3.17. The first kappa shape index (κ1) is 17.0. The molecule has 8 heteroatoms. The summed E-state index contributed by atoms with van der Waals surface area (Å²) in [6, 6.07) is 5.90. The van der Waals surface area contributed by atoms with Gasteiger partial charge in [0.05, 0.1) is 6.04 Å².